The van der Waals surface area contributed by atoms with Gasteiger partial charge in [0.1, 0.15) is 12.4 Å². The monoisotopic (exact) mass is 494 g/mol. The molecule has 2 fully saturated rings. The van der Waals surface area contributed by atoms with Gasteiger partial charge in [-0.25, -0.2) is 4.99 Å². The van der Waals surface area contributed by atoms with E-state index in [-0.39, 0.29) is 30.0 Å². The van der Waals surface area contributed by atoms with Crippen molar-refractivity contribution in [2.24, 2.45) is 17.5 Å². The van der Waals surface area contributed by atoms with Gasteiger partial charge >= 0.3 is 0 Å². The molecule has 1 aliphatic heterocycles. The summed E-state index contributed by atoms with van der Waals surface area (Å²) in [6.45, 7) is 6.93. The molecule has 1 spiro atoms. The molecule has 2 aliphatic rings. The van der Waals surface area contributed by atoms with Gasteiger partial charge in [-0.2, -0.15) is 0 Å². The average Bonchev–Trinajstić information content (AvgIpc) is 3.25. The molecule has 0 bridgehead atoms. The van der Waals surface area contributed by atoms with Crippen molar-refractivity contribution in [2.45, 2.75) is 52.1 Å². The lowest BCUT2D eigenvalue weighted by Gasteiger charge is -2.38. The molecular weight excluding hydrogens is 463 g/mol. The number of aromatic nitrogens is 3. The fourth-order valence-corrected chi connectivity index (χ4v) is 4.19. The molecule has 2 aromatic rings. The highest BCUT2D eigenvalue weighted by molar-refractivity contribution is 14.0. The summed E-state index contributed by atoms with van der Waals surface area (Å²) >= 11 is 0. The molecular formula is C21H31IN6. The zero-order valence-corrected chi connectivity index (χ0v) is 19.4. The predicted molar refractivity (Wildman–Crippen MR) is 123 cm³/mol. The van der Waals surface area contributed by atoms with Crippen LogP contribution in [-0.2, 0) is 13.6 Å². The summed E-state index contributed by atoms with van der Waals surface area (Å²) in [5.74, 6) is 2.81. The Morgan fingerprint density at radius 2 is 1.96 bits per heavy atom. The molecule has 1 saturated carbocycles. The lowest BCUT2D eigenvalue weighted by molar-refractivity contribution is 0.151. The first-order valence-corrected chi connectivity index (χ1v) is 10.0. The average molecular weight is 494 g/mol. The number of benzene rings is 1. The minimum absolute atomic E-state index is 0. The molecule has 7 heteroatoms. The Morgan fingerprint density at radius 1 is 1.21 bits per heavy atom. The second-order valence-corrected chi connectivity index (χ2v) is 8.16. The van der Waals surface area contributed by atoms with E-state index in [1.54, 1.807) is 0 Å². The highest BCUT2D eigenvalue weighted by Crippen LogP contribution is 2.47. The van der Waals surface area contributed by atoms with Crippen molar-refractivity contribution < 1.29 is 0 Å². The van der Waals surface area contributed by atoms with Crippen molar-refractivity contribution in [2.75, 3.05) is 13.1 Å². The third-order valence-corrected chi connectivity index (χ3v) is 6.35. The molecule has 1 aliphatic carbocycles. The van der Waals surface area contributed by atoms with Crippen LogP contribution in [0.2, 0.25) is 0 Å². The number of nitrogens with one attached hydrogen (secondary N) is 1. The molecule has 2 heterocycles. The van der Waals surface area contributed by atoms with Crippen LogP contribution in [0.4, 0.5) is 0 Å². The maximum absolute atomic E-state index is 4.95. The molecule has 152 valence electrons. The maximum Gasteiger partial charge on any atom is 0.194 e. The molecule has 1 unspecified atom stereocenters. The summed E-state index contributed by atoms with van der Waals surface area (Å²) in [5, 5.41) is 12.1. The number of nitrogens with zero attached hydrogens (tertiary/aromatic N) is 5. The third-order valence-electron chi connectivity index (χ3n) is 6.35. The summed E-state index contributed by atoms with van der Waals surface area (Å²) in [7, 11) is 2.00. The molecule has 1 N–H and O–H groups in total. The van der Waals surface area contributed by atoms with Crippen molar-refractivity contribution in [3.05, 3.63) is 47.5 Å². The minimum atomic E-state index is 0. The topological polar surface area (TPSA) is 58.3 Å². The second kappa shape index (κ2) is 8.80. The Hall–Kier alpha value is -1.64. The number of rotatable bonds is 4. The van der Waals surface area contributed by atoms with Crippen molar-refractivity contribution in [1.29, 1.82) is 0 Å². The molecule has 6 nitrogen and oxygen atoms in total. The molecule has 28 heavy (non-hydrogen) atoms. The first kappa shape index (κ1) is 21.1. The Balaban J connectivity index is 0.00000225. The van der Waals surface area contributed by atoms with Gasteiger partial charge in [-0.3, -0.25) is 0 Å². The highest BCUT2D eigenvalue weighted by atomic mass is 127. The van der Waals surface area contributed by atoms with Crippen LogP contribution in [-0.4, -0.2) is 38.7 Å². The van der Waals surface area contributed by atoms with Gasteiger partial charge in [-0.15, -0.1) is 34.2 Å². The van der Waals surface area contributed by atoms with Gasteiger partial charge in [-0.1, -0.05) is 36.8 Å². The van der Waals surface area contributed by atoms with Gasteiger partial charge in [0.25, 0.3) is 0 Å². The fourth-order valence-electron chi connectivity index (χ4n) is 4.19. The first-order valence-electron chi connectivity index (χ1n) is 10.0. The van der Waals surface area contributed by atoms with Gasteiger partial charge in [0.15, 0.2) is 11.8 Å². The van der Waals surface area contributed by atoms with Crippen LogP contribution in [0.25, 0.3) is 0 Å². The Kier molecular flexibility index (Phi) is 6.62. The number of guanidine groups is 1. The maximum atomic E-state index is 4.95. The molecule has 1 aromatic heterocycles. The van der Waals surface area contributed by atoms with Crippen molar-refractivity contribution in [1.82, 2.24) is 25.0 Å². The Morgan fingerprint density at radius 3 is 2.54 bits per heavy atom. The van der Waals surface area contributed by atoms with Crippen molar-refractivity contribution >= 4 is 29.9 Å². The minimum Gasteiger partial charge on any atom is -0.350 e. The smallest absolute Gasteiger partial charge is 0.194 e. The van der Waals surface area contributed by atoms with E-state index in [0.29, 0.717) is 12.0 Å². The van der Waals surface area contributed by atoms with E-state index < -0.39 is 0 Å². The highest BCUT2D eigenvalue weighted by Gasteiger charge is 2.43. The molecule has 1 saturated heterocycles. The van der Waals surface area contributed by atoms with E-state index in [2.05, 4.69) is 57.7 Å². The van der Waals surface area contributed by atoms with Crippen LogP contribution < -0.4 is 5.32 Å². The largest absolute Gasteiger partial charge is 0.350 e. The van der Waals surface area contributed by atoms with E-state index in [1.165, 1.54) is 31.2 Å². The van der Waals surface area contributed by atoms with E-state index in [9.17, 15) is 0 Å². The SMILES string of the molecule is Cc1nnc(CN=C(NC(C)c2ccccc2)N2CCC3(CCC3)C2)n1C.I. The third kappa shape index (κ3) is 4.34. The van der Waals surface area contributed by atoms with Crippen LogP contribution in [0.15, 0.2) is 35.3 Å². The normalized spacial score (nSPS) is 19.2. The number of likely N-dealkylation sites (tertiary alicyclic amines) is 1. The fraction of sp³-hybridized carbons (Fsp3) is 0.571. The molecule has 1 atom stereocenters. The van der Waals surface area contributed by atoms with Gasteiger partial charge in [0, 0.05) is 20.1 Å². The van der Waals surface area contributed by atoms with Gasteiger partial charge in [0.2, 0.25) is 0 Å². The van der Waals surface area contributed by atoms with Crippen LogP contribution >= 0.6 is 24.0 Å². The zero-order chi connectivity index (χ0) is 18.9. The molecule has 4 rings (SSSR count). The van der Waals surface area contributed by atoms with Crippen LogP contribution in [0.3, 0.4) is 0 Å². The van der Waals surface area contributed by atoms with Crippen LogP contribution in [0.1, 0.15) is 55.9 Å². The van der Waals surface area contributed by atoms with Gasteiger partial charge in [0.05, 0.1) is 6.04 Å². The summed E-state index contributed by atoms with van der Waals surface area (Å²) in [4.78, 5) is 7.39. The number of hydrogen-bond acceptors (Lipinski definition) is 3. The predicted octanol–water partition coefficient (Wildman–Crippen LogP) is 3.82. The Labute approximate surface area is 184 Å². The summed E-state index contributed by atoms with van der Waals surface area (Å²) in [6.07, 6.45) is 5.41. The lowest BCUT2D eigenvalue weighted by atomic mass is 9.68. The molecule has 0 radical (unpaired) electrons. The standard InChI is InChI=1S/C21H30N6.HI/c1-16(18-8-5-4-6-9-18)23-20(22-14-19-25-24-17(2)26(19)3)27-13-12-21(15-27)10-7-11-21;/h4-6,8-9,16H,7,10-15H2,1-3H3,(H,22,23);1H. The Bertz CT molecular complexity index is 812. The van der Waals surface area contributed by atoms with Crippen molar-refractivity contribution in [3.8, 4) is 0 Å². The molecule has 1 aromatic carbocycles. The van der Waals surface area contributed by atoms with Gasteiger partial charge < -0.3 is 14.8 Å². The molecule has 0 amide bonds. The lowest BCUT2D eigenvalue weighted by Crippen LogP contribution is -2.43. The van der Waals surface area contributed by atoms with Crippen LogP contribution in [0, 0.1) is 12.3 Å². The van der Waals surface area contributed by atoms with Gasteiger partial charge in [-0.05, 0) is 44.1 Å². The number of aryl methyl sites for hydroxylation is 1. The summed E-state index contributed by atoms with van der Waals surface area (Å²) in [5.41, 5.74) is 1.82. The van der Waals surface area contributed by atoms with E-state index in [1.807, 2.05) is 18.5 Å². The first-order chi connectivity index (χ1) is 13.1. The number of halogens is 1. The van der Waals surface area contributed by atoms with E-state index in [0.717, 1.165) is 30.7 Å². The summed E-state index contributed by atoms with van der Waals surface area (Å²) < 4.78 is 2.01. The number of aliphatic imine (C=N–C) groups is 1. The number of hydrogen-bond donors (Lipinski definition) is 1. The quantitative estimate of drug-likeness (QED) is 0.399. The van der Waals surface area contributed by atoms with E-state index in [4.69, 9.17) is 4.99 Å². The van der Waals surface area contributed by atoms with Crippen molar-refractivity contribution in [3.63, 3.8) is 0 Å². The zero-order valence-electron chi connectivity index (χ0n) is 17.1. The summed E-state index contributed by atoms with van der Waals surface area (Å²) in [6, 6.07) is 10.8. The second-order valence-electron chi connectivity index (χ2n) is 8.16. The van der Waals surface area contributed by atoms with E-state index >= 15 is 0 Å². The van der Waals surface area contributed by atoms with Crippen LogP contribution in [0.5, 0.6) is 0 Å².